The van der Waals surface area contributed by atoms with E-state index in [1.54, 1.807) is 12.1 Å². The quantitative estimate of drug-likeness (QED) is 0.687. The predicted octanol–water partition coefficient (Wildman–Crippen LogP) is 2.15. The molecule has 0 radical (unpaired) electrons. The van der Waals surface area contributed by atoms with Crippen LogP contribution in [0.2, 0.25) is 5.02 Å². The molecule has 4 nitrogen and oxygen atoms in total. The second-order valence-corrected chi connectivity index (χ2v) is 6.73. The van der Waals surface area contributed by atoms with Crippen LogP contribution in [0.25, 0.3) is 0 Å². The van der Waals surface area contributed by atoms with Crippen LogP contribution in [-0.4, -0.2) is 27.3 Å². The fourth-order valence-electron chi connectivity index (χ4n) is 1.56. The van der Waals surface area contributed by atoms with E-state index >= 15 is 0 Å². The molecular weight excluding hydrogens is 284 g/mol. The number of rotatable bonds is 9. The highest BCUT2D eigenvalue weighted by Crippen LogP contribution is 2.09. The van der Waals surface area contributed by atoms with Crippen LogP contribution in [0.4, 0.5) is 0 Å². The van der Waals surface area contributed by atoms with E-state index in [9.17, 15) is 8.42 Å². The summed E-state index contributed by atoms with van der Waals surface area (Å²) in [6.45, 7) is 4.05. The van der Waals surface area contributed by atoms with Gasteiger partial charge in [0.05, 0.1) is 5.75 Å². The average molecular weight is 305 g/mol. The molecule has 0 amide bonds. The lowest BCUT2D eigenvalue weighted by atomic mass is 10.2. The molecule has 2 N–H and O–H groups in total. The van der Waals surface area contributed by atoms with Gasteiger partial charge in [0.1, 0.15) is 0 Å². The monoisotopic (exact) mass is 304 g/mol. The van der Waals surface area contributed by atoms with Gasteiger partial charge < -0.3 is 5.32 Å². The van der Waals surface area contributed by atoms with Gasteiger partial charge in [-0.25, -0.2) is 13.1 Å². The van der Waals surface area contributed by atoms with E-state index in [1.807, 2.05) is 12.1 Å². The van der Waals surface area contributed by atoms with E-state index < -0.39 is 10.0 Å². The smallest absolute Gasteiger partial charge is 0.211 e. The van der Waals surface area contributed by atoms with Crippen molar-refractivity contribution in [3.8, 4) is 0 Å². The lowest BCUT2D eigenvalue weighted by Gasteiger charge is -2.07. The molecule has 0 saturated carbocycles. The lowest BCUT2D eigenvalue weighted by molar-refractivity contribution is 0.574. The topological polar surface area (TPSA) is 58.2 Å². The Morgan fingerprint density at radius 2 is 1.84 bits per heavy atom. The second-order valence-electron chi connectivity index (χ2n) is 4.37. The second kappa shape index (κ2) is 8.53. The van der Waals surface area contributed by atoms with Gasteiger partial charge in [0, 0.05) is 11.6 Å². The van der Waals surface area contributed by atoms with Crippen LogP contribution in [0.1, 0.15) is 25.3 Å². The molecule has 1 aromatic rings. The summed E-state index contributed by atoms with van der Waals surface area (Å²) >= 11 is 5.77. The number of halogens is 1. The van der Waals surface area contributed by atoms with Gasteiger partial charge in [-0.15, -0.1) is 0 Å². The average Bonchev–Trinajstić information content (AvgIpc) is 2.38. The number of sulfonamides is 1. The Kier molecular flexibility index (Phi) is 7.38. The molecule has 0 unspecified atom stereocenters. The first-order valence-electron chi connectivity index (χ1n) is 6.46. The Hall–Kier alpha value is -0.620. The number of hydrogen-bond acceptors (Lipinski definition) is 3. The zero-order valence-electron chi connectivity index (χ0n) is 11.2. The van der Waals surface area contributed by atoms with Crippen LogP contribution >= 0.6 is 11.6 Å². The molecule has 19 heavy (non-hydrogen) atoms. The molecule has 0 spiro atoms. The first-order valence-corrected chi connectivity index (χ1v) is 8.49. The molecule has 0 heterocycles. The summed E-state index contributed by atoms with van der Waals surface area (Å²) in [4.78, 5) is 0. The lowest BCUT2D eigenvalue weighted by Crippen LogP contribution is -2.28. The van der Waals surface area contributed by atoms with Crippen LogP contribution in [0.15, 0.2) is 24.3 Å². The molecule has 0 atom stereocenters. The van der Waals surface area contributed by atoms with E-state index in [2.05, 4.69) is 17.0 Å². The minimum absolute atomic E-state index is 0.150. The fourth-order valence-corrected chi connectivity index (χ4v) is 2.74. The Balaban J connectivity index is 2.28. The maximum atomic E-state index is 11.7. The van der Waals surface area contributed by atoms with Crippen molar-refractivity contribution >= 4 is 21.6 Å². The van der Waals surface area contributed by atoms with Gasteiger partial charge in [-0.05, 0) is 43.6 Å². The van der Waals surface area contributed by atoms with Crippen LogP contribution in [0.5, 0.6) is 0 Å². The molecule has 0 aliphatic carbocycles. The fraction of sp³-hybridized carbons (Fsp3) is 0.538. The predicted molar refractivity (Wildman–Crippen MR) is 79.9 cm³/mol. The third-order valence-corrected chi connectivity index (χ3v) is 4.27. The Bertz CT molecular complexity index is 460. The number of benzene rings is 1. The van der Waals surface area contributed by atoms with Gasteiger partial charge in [-0.3, -0.25) is 0 Å². The van der Waals surface area contributed by atoms with E-state index in [0.717, 1.165) is 25.1 Å². The zero-order valence-corrected chi connectivity index (χ0v) is 12.7. The van der Waals surface area contributed by atoms with Crippen molar-refractivity contribution in [1.29, 1.82) is 0 Å². The third kappa shape index (κ3) is 7.52. The first-order chi connectivity index (χ1) is 9.03. The van der Waals surface area contributed by atoms with Crippen LogP contribution in [0.3, 0.4) is 0 Å². The summed E-state index contributed by atoms with van der Waals surface area (Å²) in [5.74, 6) is 0.150. The summed E-state index contributed by atoms with van der Waals surface area (Å²) < 4.78 is 26.1. The van der Waals surface area contributed by atoms with Gasteiger partial charge in [-0.2, -0.15) is 0 Å². The van der Waals surface area contributed by atoms with Crippen molar-refractivity contribution in [2.24, 2.45) is 0 Å². The molecule has 1 aromatic carbocycles. The minimum atomic E-state index is -3.20. The van der Waals surface area contributed by atoms with E-state index in [-0.39, 0.29) is 5.75 Å². The van der Waals surface area contributed by atoms with Crippen molar-refractivity contribution in [3.05, 3.63) is 34.9 Å². The van der Waals surface area contributed by atoms with Gasteiger partial charge in [-0.1, -0.05) is 30.7 Å². The molecular formula is C13H21ClN2O2S. The van der Waals surface area contributed by atoms with E-state index in [1.165, 1.54) is 0 Å². The van der Waals surface area contributed by atoms with Crippen molar-refractivity contribution in [2.45, 2.75) is 26.3 Å². The van der Waals surface area contributed by atoms with E-state index in [4.69, 9.17) is 11.6 Å². The number of hydrogen-bond donors (Lipinski definition) is 2. The summed E-state index contributed by atoms with van der Waals surface area (Å²) in [5.41, 5.74) is 0.900. The summed E-state index contributed by atoms with van der Waals surface area (Å²) in [6.07, 6.45) is 1.68. The molecule has 0 fully saturated rings. The Labute approximate surface area is 120 Å². The molecule has 1 rings (SSSR count). The third-order valence-electron chi connectivity index (χ3n) is 2.60. The van der Waals surface area contributed by atoms with Crippen molar-refractivity contribution in [2.75, 3.05) is 18.8 Å². The highest BCUT2D eigenvalue weighted by molar-refractivity contribution is 7.89. The molecule has 0 aromatic heterocycles. The Morgan fingerprint density at radius 1 is 1.16 bits per heavy atom. The van der Waals surface area contributed by atoms with Gasteiger partial charge >= 0.3 is 0 Å². The van der Waals surface area contributed by atoms with Crippen LogP contribution in [0, 0.1) is 0 Å². The zero-order chi connectivity index (χ0) is 14.1. The molecule has 108 valence electrons. The largest absolute Gasteiger partial charge is 0.317 e. The number of nitrogens with one attached hydrogen (secondary N) is 2. The standard InChI is InChI=1S/C13H21ClN2O2S/c1-2-8-15-9-3-10-19(17,18)16-11-12-4-6-13(14)7-5-12/h4-7,15-16H,2-3,8-11H2,1H3. The van der Waals surface area contributed by atoms with Crippen molar-refractivity contribution in [3.63, 3.8) is 0 Å². The minimum Gasteiger partial charge on any atom is -0.317 e. The highest BCUT2D eigenvalue weighted by atomic mass is 35.5. The van der Waals surface area contributed by atoms with Gasteiger partial charge in [0.25, 0.3) is 0 Å². The SMILES string of the molecule is CCCNCCCS(=O)(=O)NCc1ccc(Cl)cc1. The first kappa shape index (κ1) is 16.4. The summed E-state index contributed by atoms with van der Waals surface area (Å²) in [7, 11) is -3.20. The molecule has 0 bridgehead atoms. The van der Waals surface area contributed by atoms with E-state index in [0.29, 0.717) is 18.0 Å². The Morgan fingerprint density at radius 3 is 2.47 bits per heavy atom. The molecule has 0 aliphatic heterocycles. The summed E-state index contributed by atoms with van der Waals surface area (Å²) in [5, 5.41) is 3.83. The van der Waals surface area contributed by atoms with Gasteiger partial charge in [0.15, 0.2) is 0 Å². The van der Waals surface area contributed by atoms with Gasteiger partial charge in [0.2, 0.25) is 10.0 Å². The van der Waals surface area contributed by atoms with Crippen molar-refractivity contribution < 1.29 is 8.42 Å². The normalized spacial score (nSPS) is 11.7. The van der Waals surface area contributed by atoms with Crippen molar-refractivity contribution in [1.82, 2.24) is 10.0 Å². The maximum Gasteiger partial charge on any atom is 0.211 e. The van der Waals surface area contributed by atoms with Crippen LogP contribution < -0.4 is 10.0 Å². The molecule has 6 heteroatoms. The molecule has 0 saturated heterocycles. The summed E-state index contributed by atoms with van der Waals surface area (Å²) in [6, 6.07) is 7.13. The highest BCUT2D eigenvalue weighted by Gasteiger charge is 2.09. The maximum absolute atomic E-state index is 11.7. The molecule has 0 aliphatic rings. The van der Waals surface area contributed by atoms with Crippen LogP contribution in [-0.2, 0) is 16.6 Å².